The molecule has 0 aliphatic rings. The van der Waals surface area contributed by atoms with E-state index >= 15 is 0 Å². The predicted octanol–water partition coefficient (Wildman–Crippen LogP) is 1.11. The van der Waals surface area contributed by atoms with Crippen molar-refractivity contribution >= 4 is 10.9 Å². The minimum Gasteiger partial charge on any atom is -0.281 e. The van der Waals surface area contributed by atoms with Crippen LogP contribution in [0.25, 0.3) is 10.9 Å². The number of rotatable bonds is 0. The molecule has 0 aliphatic heterocycles. The van der Waals surface area contributed by atoms with Crippen LogP contribution in [0.15, 0.2) is 36.4 Å². The Kier molecular flexibility index (Phi) is 1.55. The molecule has 0 unspecified atom stereocenters. The van der Waals surface area contributed by atoms with Crippen LogP contribution in [0.2, 0.25) is 0 Å². The number of fused-ring (bicyclic) bond motifs is 1. The second kappa shape index (κ2) is 2.70. The number of hydrogen-bond donors (Lipinski definition) is 1. The summed E-state index contributed by atoms with van der Waals surface area (Å²) in [6.07, 6.45) is 0. The Morgan fingerprint density at radius 3 is 2.67 bits per heavy atom. The first-order valence-electron chi connectivity index (χ1n) is 3.64. The molecular formula is C9H7N3. The standard InChI is InChI=1S/C9H7N3/c10-9-6-5-7-3-1-2-4-8(7)11-12-9/h1-6,10H. The van der Waals surface area contributed by atoms with Crippen LogP contribution in [-0.2, 0) is 0 Å². The van der Waals surface area contributed by atoms with Crippen LogP contribution in [0.5, 0.6) is 0 Å². The van der Waals surface area contributed by atoms with E-state index in [4.69, 9.17) is 5.41 Å². The molecule has 1 aromatic carbocycles. The van der Waals surface area contributed by atoms with Crippen molar-refractivity contribution in [1.82, 2.24) is 10.2 Å². The Morgan fingerprint density at radius 2 is 1.75 bits per heavy atom. The quantitative estimate of drug-likeness (QED) is 0.622. The molecule has 0 fully saturated rings. The van der Waals surface area contributed by atoms with Crippen molar-refractivity contribution < 1.29 is 0 Å². The maximum absolute atomic E-state index is 7.26. The van der Waals surface area contributed by atoms with Gasteiger partial charge in [-0.15, -0.1) is 10.2 Å². The minimum absolute atomic E-state index is 0.186. The lowest BCUT2D eigenvalue weighted by molar-refractivity contribution is 0.978. The van der Waals surface area contributed by atoms with Crippen LogP contribution < -0.4 is 5.49 Å². The van der Waals surface area contributed by atoms with Crippen molar-refractivity contribution in [1.29, 1.82) is 5.41 Å². The number of aromatic nitrogens is 2. The van der Waals surface area contributed by atoms with Crippen LogP contribution in [0.4, 0.5) is 0 Å². The third-order valence-electron chi connectivity index (χ3n) is 1.62. The summed E-state index contributed by atoms with van der Waals surface area (Å²) in [6.45, 7) is 0. The Morgan fingerprint density at radius 1 is 0.917 bits per heavy atom. The number of nitrogens with zero attached hydrogens (tertiary/aromatic N) is 2. The minimum atomic E-state index is 0.186. The molecule has 2 aromatic rings. The van der Waals surface area contributed by atoms with Gasteiger partial charge in [-0.05, 0) is 18.2 Å². The molecule has 0 bridgehead atoms. The van der Waals surface area contributed by atoms with Crippen LogP contribution in [0, 0.1) is 5.41 Å². The summed E-state index contributed by atoms with van der Waals surface area (Å²) in [5, 5.41) is 15.9. The number of hydrogen-bond acceptors (Lipinski definition) is 3. The molecule has 0 saturated carbocycles. The van der Waals surface area contributed by atoms with Gasteiger partial charge in [-0.2, -0.15) is 0 Å². The van der Waals surface area contributed by atoms with Gasteiger partial charge in [0, 0.05) is 5.39 Å². The molecule has 1 heterocycles. The van der Waals surface area contributed by atoms with Crippen molar-refractivity contribution in [2.45, 2.75) is 0 Å². The SMILES string of the molecule is N=c1ccc2ccccc2nn1. The number of benzene rings is 1. The molecule has 2 rings (SSSR count). The summed E-state index contributed by atoms with van der Waals surface area (Å²) in [5.41, 5.74) is 1.00. The van der Waals surface area contributed by atoms with Gasteiger partial charge in [0.25, 0.3) is 0 Å². The van der Waals surface area contributed by atoms with Gasteiger partial charge < -0.3 is 0 Å². The third-order valence-corrected chi connectivity index (χ3v) is 1.62. The zero-order valence-corrected chi connectivity index (χ0v) is 6.36. The van der Waals surface area contributed by atoms with Gasteiger partial charge in [0.15, 0.2) is 5.49 Å². The average Bonchev–Trinajstić information content (AvgIpc) is 2.29. The topological polar surface area (TPSA) is 49.6 Å². The van der Waals surface area contributed by atoms with Gasteiger partial charge in [-0.25, -0.2) is 0 Å². The summed E-state index contributed by atoms with van der Waals surface area (Å²) in [5.74, 6) is 0. The zero-order chi connectivity index (χ0) is 8.39. The molecule has 0 atom stereocenters. The van der Waals surface area contributed by atoms with E-state index in [0.717, 1.165) is 10.9 Å². The van der Waals surface area contributed by atoms with E-state index in [1.165, 1.54) is 0 Å². The second-order valence-electron chi connectivity index (χ2n) is 2.48. The van der Waals surface area contributed by atoms with Crippen LogP contribution >= 0.6 is 0 Å². The summed E-state index contributed by atoms with van der Waals surface area (Å²) < 4.78 is 0. The van der Waals surface area contributed by atoms with Crippen molar-refractivity contribution in [2.75, 3.05) is 0 Å². The van der Waals surface area contributed by atoms with Gasteiger partial charge in [0.1, 0.15) is 0 Å². The fourth-order valence-electron chi connectivity index (χ4n) is 1.03. The fraction of sp³-hybridized carbons (Fsp3) is 0. The molecule has 0 aliphatic carbocycles. The summed E-state index contributed by atoms with van der Waals surface area (Å²) in [7, 11) is 0. The van der Waals surface area contributed by atoms with E-state index in [0.29, 0.717) is 0 Å². The highest BCUT2D eigenvalue weighted by atomic mass is 15.1. The Balaban J connectivity index is 2.94. The van der Waals surface area contributed by atoms with Gasteiger partial charge in [0.2, 0.25) is 0 Å². The van der Waals surface area contributed by atoms with E-state index in [2.05, 4.69) is 10.2 Å². The molecule has 0 spiro atoms. The molecular weight excluding hydrogens is 150 g/mol. The molecule has 0 saturated heterocycles. The van der Waals surface area contributed by atoms with E-state index < -0.39 is 0 Å². The van der Waals surface area contributed by atoms with Crippen molar-refractivity contribution in [3.8, 4) is 0 Å². The van der Waals surface area contributed by atoms with Gasteiger partial charge in [-0.3, -0.25) is 5.41 Å². The molecule has 58 valence electrons. The molecule has 0 amide bonds. The molecule has 12 heavy (non-hydrogen) atoms. The summed E-state index contributed by atoms with van der Waals surface area (Å²) in [6, 6.07) is 11.1. The molecule has 0 radical (unpaired) electrons. The first-order valence-corrected chi connectivity index (χ1v) is 3.64. The van der Waals surface area contributed by atoms with Gasteiger partial charge >= 0.3 is 0 Å². The monoisotopic (exact) mass is 157 g/mol. The van der Waals surface area contributed by atoms with E-state index in [-0.39, 0.29) is 5.49 Å². The first kappa shape index (κ1) is 6.91. The van der Waals surface area contributed by atoms with Gasteiger partial charge in [-0.1, -0.05) is 18.2 Å². The molecule has 3 heteroatoms. The first-order chi connectivity index (χ1) is 5.86. The van der Waals surface area contributed by atoms with Crippen LogP contribution in [-0.4, -0.2) is 10.2 Å². The molecule has 1 N–H and O–H groups in total. The lowest BCUT2D eigenvalue weighted by atomic mass is 10.2. The average molecular weight is 157 g/mol. The van der Waals surface area contributed by atoms with E-state index in [1.54, 1.807) is 6.07 Å². The van der Waals surface area contributed by atoms with Crippen molar-refractivity contribution in [3.63, 3.8) is 0 Å². The summed E-state index contributed by atoms with van der Waals surface area (Å²) in [4.78, 5) is 0. The molecule has 3 nitrogen and oxygen atoms in total. The van der Waals surface area contributed by atoms with Gasteiger partial charge in [0.05, 0.1) is 5.52 Å². The summed E-state index contributed by atoms with van der Waals surface area (Å²) >= 11 is 0. The van der Waals surface area contributed by atoms with Crippen LogP contribution in [0.1, 0.15) is 0 Å². The Bertz CT molecular complexity index is 424. The fourth-order valence-corrected chi connectivity index (χ4v) is 1.03. The smallest absolute Gasteiger partial charge is 0.167 e. The van der Waals surface area contributed by atoms with E-state index in [1.807, 2.05) is 30.3 Å². The van der Waals surface area contributed by atoms with Crippen molar-refractivity contribution in [3.05, 3.63) is 41.9 Å². The van der Waals surface area contributed by atoms with Crippen LogP contribution in [0.3, 0.4) is 0 Å². The normalized spacial score (nSPS) is 10.0. The lowest BCUT2D eigenvalue weighted by Crippen LogP contribution is -1.99. The number of nitrogens with one attached hydrogen (secondary N) is 1. The highest BCUT2D eigenvalue weighted by Gasteiger charge is 1.88. The Hall–Kier alpha value is -1.77. The highest BCUT2D eigenvalue weighted by Crippen LogP contribution is 2.05. The Labute approximate surface area is 69.2 Å². The van der Waals surface area contributed by atoms with Crippen molar-refractivity contribution in [2.24, 2.45) is 0 Å². The third kappa shape index (κ3) is 1.16. The maximum atomic E-state index is 7.26. The largest absolute Gasteiger partial charge is 0.281 e. The predicted molar refractivity (Wildman–Crippen MR) is 45.4 cm³/mol. The van der Waals surface area contributed by atoms with E-state index in [9.17, 15) is 0 Å². The highest BCUT2D eigenvalue weighted by molar-refractivity contribution is 5.76. The zero-order valence-electron chi connectivity index (χ0n) is 6.36. The second-order valence-corrected chi connectivity index (χ2v) is 2.48. The maximum Gasteiger partial charge on any atom is 0.167 e. The lowest BCUT2D eigenvalue weighted by Gasteiger charge is -1.85. The molecule has 1 aromatic heterocycles.